The number of hydrogen-bond acceptors (Lipinski definition) is 14. The van der Waals surface area contributed by atoms with Gasteiger partial charge in [-0.1, -0.05) is 24.3 Å². The van der Waals surface area contributed by atoms with Crippen LogP contribution in [0, 0.1) is 0 Å². The van der Waals surface area contributed by atoms with Gasteiger partial charge < -0.3 is 38.6 Å². The summed E-state index contributed by atoms with van der Waals surface area (Å²) in [4.78, 5) is 74.9. The number of ether oxygens (including phenoxy) is 6. The maximum absolute atomic E-state index is 13.7. The molecule has 1 aliphatic carbocycles. The Kier molecular flexibility index (Phi) is 12.0. The average Bonchev–Trinajstić information content (AvgIpc) is 3.08. The van der Waals surface area contributed by atoms with E-state index in [9.17, 15) is 39.0 Å². The van der Waals surface area contributed by atoms with Gasteiger partial charge in [0.15, 0.2) is 24.7 Å². The van der Waals surface area contributed by atoms with Crippen molar-refractivity contribution >= 4 is 35.4 Å². The Morgan fingerprint density at radius 1 is 0.543 bits per heavy atom. The number of allylic oxidation sites excluding steroid dienone is 2. The molecule has 0 fully saturated rings. The summed E-state index contributed by atoms with van der Waals surface area (Å²) in [7, 11) is 4.62. The zero-order valence-corrected chi connectivity index (χ0v) is 25.4. The summed E-state index contributed by atoms with van der Waals surface area (Å²) in [5.41, 5.74) is -0.599. The fourth-order valence-electron chi connectivity index (χ4n) is 4.63. The molecule has 0 heterocycles. The van der Waals surface area contributed by atoms with Gasteiger partial charge in [0, 0.05) is 11.8 Å². The zero-order chi connectivity index (χ0) is 34.0. The van der Waals surface area contributed by atoms with Crippen molar-refractivity contribution < 1.29 is 67.4 Å². The molecule has 0 bridgehead atoms. The molecule has 2 N–H and O–H groups in total. The molecule has 46 heavy (non-hydrogen) atoms. The molecule has 2 atom stereocenters. The van der Waals surface area contributed by atoms with E-state index in [1.54, 1.807) is 0 Å². The molecule has 2 aromatic rings. The topological polar surface area (TPSA) is 198 Å². The van der Waals surface area contributed by atoms with Gasteiger partial charge in [-0.3, -0.25) is 19.2 Å². The molecule has 0 aromatic heterocycles. The van der Waals surface area contributed by atoms with Crippen LogP contribution in [0.2, 0.25) is 0 Å². The quantitative estimate of drug-likeness (QED) is 0.173. The van der Waals surface area contributed by atoms with Gasteiger partial charge >= 0.3 is 23.9 Å². The summed E-state index contributed by atoms with van der Waals surface area (Å²) in [5.74, 6) is -9.23. The molecule has 0 aliphatic heterocycles. The van der Waals surface area contributed by atoms with Crippen molar-refractivity contribution in [1.29, 1.82) is 0 Å². The number of esters is 4. The molecule has 0 radical (unpaired) electrons. The maximum Gasteiger partial charge on any atom is 0.343 e. The van der Waals surface area contributed by atoms with E-state index in [1.807, 2.05) is 0 Å². The Hall–Kier alpha value is -5.66. The lowest BCUT2D eigenvalue weighted by atomic mass is 9.76. The van der Waals surface area contributed by atoms with E-state index in [0.717, 1.165) is 14.2 Å². The van der Waals surface area contributed by atoms with Gasteiger partial charge in [-0.05, 0) is 35.4 Å². The number of aliphatic hydroxyl groups is 2. The van der Waals surface area contributed by atoms with Crippen molar-refractivity contribution in [3.8, 4) is 11.5 Å². The minimum atomic E-state index is -1.26. The molecular weight excluding hydrogens is 608 g/mol. The van der Waals surface area contributed by atoms with Crippen LogP contribution in [0.4, 0.5) is 0 Å². The summed E-state index contributed by atoms with van der Waals surface area (Å²) < 4.78 is 29.2. The molecule has 0 unspecified atom stereocenters. The lowest BCUT2D eigenvalue weighted by Crippen LogP contribution is -2.31. The van der Waals surface area contributed by atoms with E-state index in [1.165, 1.54) is 62.8 Å². The van der Waals surface area contributed by atoms with E-state index in [2.05, 4.69) is 9.47 Å². The van der Waals surface area contributed by atoms with Crippen LogP contribution in [0.5, 0.6) is 11.5 Å². The van der Waals surface area contributed by atoms with Gasteiger partial charge in [0.25, 0.3) is 0 Å². The molecular formula is C32H32O14. The molecule has 14 nitrogen and oxygen atoms in total. The Labute approximate surface area is 263 Å². The molecule has 3 rings (SSSR count). The SMILES string of the molecule is COC(=O)COc1ccc([C@@H](CC(=O)OC)C2=C(O)C(=O)C([C@H](CC(=O)OC)c3ccc(OCC(=O)OC)cc3)=C(O)C2=O)cc1. The molecule has 14 heteroatoms. The van der Waals surface area contributed by atoms with Crippen LogP contribution in [0.1, 0.15) is 35.8 Å². The second-order valence-corrected chi connectivity index (χ2v) is 9.72. The Bertz CT molecular complexity index is 1430. The number of methoxy groups -OCH3 is 4. The third-order valence-corrected chi connectivity index (χ3v) is 7.06. The summed E-state index contributed by atoms with van der Waals surface area (Å²) >= 11 is 0. The Morgan fingerprint density at radius 3 is 1.13 bits per heavy atom. The maximum atomic E-state index is 13.7. The fraction of sp³-hybridized carbons (Fsp3) is 0.312. The first kappa shape index (κ1) is 34.8. The first-order valence-electron chi connectivity index (χ1n) is 13.6. The summed E-state index contributed by atoms with van der Waals surface area (Å²) in [6.45, 7) is -0.754. The number of carbonyl (C=O) groups excluding carboxylic acids is 6. The monoisotopic (exact) mass is 640 g/mol. The number of rotatable bonds is 14. The molecule has 1 aliphatic rings. The van der Waals surface area contributed by atoms with Crippen LogP contribution < -0.4 is 9.47 Å². The molecule has 2 aromatic carbocycles. The van der Waals surface area contributed by atoms with Gasteiger partial charge in [-0.2, -0.15) is 0 Å². The molecule has 244 valence electrons. The highest BCUT2D eigenvalue weighted by molar-refractivity contribution is 6.24. The van der Waals surface area contributed by atoms with E-state index in [0.29, 0.717) is 0 Å². The van der Waals surface area contributed by atoms with E-state index in [-0.39, 0.29) is 35.8 Å². The third kappa shape index (κ3) is 8.28. The summed E-state index contributed by atoms with van der Waals surface area (Å²) in [6.07, 6.45) is -1.00. The van der Waals surface area contributed by atoms with Crippen molar-refractivity contribution in [2.75, 3.05) is 41.7 Å². The normalized spacial score (nSPS) is 14.3. The Balaban J connectivity index is 2.02. The second-order valence-electron chi connectivity index (χ2n) is 9.72. The fourth-order valence-corrected chi connectivity index (χ4v) is 4.63. The smallest absolute Gasteiger partial charge is 0.343 e. The molecule has 0 spiro atoms. The van der Waals surface area contributed by atoms with E-state index < -0.39 is 82.8 Å². The summed E-state index contributed by atoms with van der Waals surface area (Å²) in [6, 6.07) is 11.5. The number of ketones is 2. The highest BCUT2D eigenvalue weighted by atomic mass is 16.6. The minimum absolute atomic E-state index is 0.243. The van der Waals surface area contributed by atoms with Crippen molar-refractivity contribution in [2.24, 2.45) is 0 Å². The highest BCUT2D eigenvalue weighted by Gasteiger charge is 2.43. The van der Waals surface area contributed by atoms with Crippen molar-refractivity contribution in [1.82, 2.24) is 0 Å². The number of hydrogen-bond donors (Lipinski definition) is 2. The Morgan fingerprint density at radius 2 is 0.848 bits per heavy atom. The first-order valence-corrected chi connectivity index (χ1v) is 13.6. The lowest BCUT2D eigenvalue weighted by molar-refractivity contribution is -0.143. The number of carbonyl (C=O) groups is 6. The van der Waals surface area contributed by atoms with Gasteiger partial charge in [0.05, 0.1) is 52.4 Å². The van der Waals surface area contributed by atoms with Crippen LogP contribution in [0.3, 0.4) is 0 Å². The molecule has 0 saturated carbocycles. The first-order chi connectivity index (χ1) is 21.9. The summed E-state index contributed by atoms with van der Waals surface area (Å²) in [5, 5.41) is 22.3. The lowest BCUT2D eigenvalue weighted by Gasteiger charge is -2.27. The number of aliphatic hydroxyl groups excluding tert-OH is 2. The van der Waals surface area contributed by atoms with Crippen LogP contribution in [0.25, 0.3) is 0 Å². The van der Waals surface area contributed by atoms with E-state index >= 15 is 0 Å². The van der Waals surface area contributed by atoms with Crippen LogP contribution in [-0.2, 0) is 47.7 Å². The van der Waals surface area contributed by atoms with Gasteiger partial charge in [0.2, 0.25) is 11.6 Å². The van der Waals surface area contributed by atoms with Crippen LogP contribution in [0.15, 0.2) is 71.2 Å². The molecule has 0 amide bonds. The van der Waals surface area contributed by atoms with Crippen LogP contribution >= 0.6 is 0 Å². The van der Waals surface area contributed by atoms with Gasteiger partial charge in [-0.25, -0.2) is 9.59 Å². The van der Waals surface area contributed by atoms with Gasteiger partial charge in [0.1, 0.15) is 11.5 Å². The second kappa shape index (κ2) is 15.9. The van der Waals surface area contributed by atoms with Crippen molar-refractivity contribution in [3.05, 3.63) is 82.3 Å². The van der Waals surface area contributed by atoms with Gasteiger partial charge in [-0.15, -0.1) is 0 Å². The average molecular weight is 641 g/mol. The van der Waals surface area contributed by atoms with Crippen LogP contribution in [-0.4, -0.2) is 87.3 Å². The largest absolute Gasteiger partial charge is 0.504 e. The number of benzene rings is 2. The molecule has 0 saturated heterocycles. The predicted octanol–water partition coefficient (Wildman–Crippen LogP) is 2.56. The zero-order valence-electron chi connectivity index (χ0n) is 25.4. The van der Waals surface area contributed by atoms with Crippen molar-refractivity contribution in [2.45, 2.75) is 24.7 Å². The predicted molar refractivity (Wildman–Crippen MR) is 156 cm³/mol. The van der Waals surface area contributed by atoms with E-state index in [4.69, 9.17) is 18.9 Å². The highest BCUT2D eigenvalue weighted by Crippen LogP contribution is 2.41. The number of Topliss-reactive ketones (excluding diaryl/α,β-unsaturated/α-hetero) is 2. The standard InChI is InChI=1S/C32H32O14/c1-41-23(33)13-21(17-5-9-19(10-6-17)45-15-25(35)43-3)27-29(37)31(39)28(32(40)30(27)38)22(14-24(34)42-2)18-7-11-20(12-8-18)46-16-26(36)44-4/h5-12,21-22,37,40H,13-16H2,1-4H3/t21-,22-/m1/s1. The minimum Gasteiger partial charge on any atom is -0.504 e. The third-order valence-electron chi connectivity index (χ3n) is 7.06. The van der Waals surface area contributed by atoms with Crippen molar-refractivity contribution in [3.63, 3.8) is 0 Å².